The molecule has 83 heavy (non-hydrogen) atoms. The average molecular weight is 1170 g/mol. The van der Waals surface area contributed by atoms with Crippen molar-refractivity contribution in [1.29, 1.82) is 0 Å². The number of unbranched alkanes of at least 4 members (excludes halogenated alkanes) is 2. The monoisotopic (exact) mass is 1170 g/mol. The summed E-state index contributed by atoms with van der Waals surface area (Å²) in [5.41, 5.74) is 3.94. The maximum Gasteiger partial charge on any atom is 0.251 e. The molecule has 3 aliphatic rings. The van der Waals surface area contributed by atoms with Gasteiger partial charge in [0.25, 0.3) is 5.91 Å². The molecule has 4 aromatic rings. The molecule has 4 aromatic carbocycles. The summed E-state index contributed by atoms with van der Waals surface area (Å²) >= 11 is 0. The fourth-order valence-corrected chi connectivity index (χ4v) is 11.2. The van der Waals surface area contributed by atoms with Gasteiger partial charge in [0.15, 0.2) is 0 Å². The maximum absolute atomic E-state index is 14.5. The Balaban J connectivity index is 1.16. The number of rotatable bonds is 15. The van der Waals surface area contributed by atoms with E-state index < -0.39 is 160 Å². The molecule has 0 spiro atoms. The SMILES string of the molecule is CCCCCOc1ccc(-c2ccc(-c3ccc(C(=O)N[C@H]4C[C@@H](O)CNC(=O)[C@@H]5[C@@H](O)[C@@H](C)CN5C(=O)[C@H]([C@@H](C)O)NC(=O)[C@H]([C@H](O)Cc5ccc(P(C)(=O)O)cc5)NC(=O)[C@@H]5C[C@@H](O)CN5C(=O)[C@H]([C@@H](C)O)NC4=O)cc3)cc2)cc1. The number of amides is 7. The quantitative estimate of drug-likeness (QED) is 0.0554. The summed E-state index contributed by atoms with van der Waals surface area (Å²) in [5.74, 6) is -7.35. The largest absolute Gasteiger partial charge is 0.494 e. The summed E-state index contributed by atoms with van der Waals surface area (Å²) in [5, 5.41) is 79.9. The van der Waals surface area contributed by atoms with Crippen LogP contribution in [0.3, 0.4) is 0 Å². The Morgan fingerprint density at radius 2 is 1.20 bits per heavy atom. The minimum Gasteiger partial charge on any atom is -0.494 e. The van der Waals surface area contributed by atoms with E-state index in [1.165, 1.54) is 36.4 Å². The average Bonchev–Trinajstić information content (AvgIpc) is 3.74. The van der Waals surface area contributed by atoms with Crippen molar-refractivity contribution in [3.05, 3.63) is 108 Å². The van der Waals surface area contributed by atoms with E-state index in [0.717, 1.165) is 77.6 Å². The smallest absolute Gasteiger partial charge is 0.251 e. The van der Waals surface area contributed by atoms with Gasteiger partial charge >= 0.3 is 0 Å². The Labute approximate surface area is 481 Å². The Bertz CT molecular complexity index is 2980. The van der Waals surface area contributed by atoms with Crippen molar-refractivity contribution in [2.24, 2.45) is 5.92 Å². The summed E-state index contributed by atoms with van der Waals surface area (Å²) in [7, 11) is -3.69. The van der Waals surface area contributed by atoms with E-state index in [9.17, 15) is 73.7 Å². The first-order valence-electron chi connectivity index (χ1n) is 27.9. The molecule has 7 amide bonds. The van der Waals surface area contributed by atoms with Gasteiger partial charge in [-0.15, -0.1) is 0 Å². The zero-order valence-corrected chi connectivity index (χ0v) is 47.9. The van der Waals surface area contributed by atoms with Gasteiger partial charge in [-0.2, -0.15) is 0 Å². The first-order valence-corrected chi connectivity index (χ1v) is 30.0. The number of carbonyl (C=O) groups excluding carboxylic acids is 7. The molecule has 1 unspecified atom stereocenters. The minimum atomic E-state index is -3.69. The Morgan fingerprint density at radius 1 is 0.675 bits per heavy atom. The Morgan fingerprint density at radius 3 is 1.76 bits per heavy atom. The van der Waals surface area contributed by atoms with Gasteiger partial charge < -0.3 is 76.7 Å². The van der Waals surface area contributed by atoms with Crippen LogP contribution in [0.15, 0.2) is 97.1 Å². The number of benzene rings is 4. The molecule has 14 atom stereocenters. The highest BCUT2D eigenvalue weighted by Crippen LogP contribution is 2.34. The molecule has 24 heteroatoms. The predicted octanol–water partition coefficient (Wildman–Crippen LogP) is 0.0835. The van der Waals surface area contributed by atoms with Crippen molar-refractivity contribution in [3.63, 3.8) is 0 Å². The molecule has 0 bridgehead atoms. The number of carbonyl (C=O) groups is 7. The van der Waals surface area contributed by atoms with Crippen LogP contribution in [0, 0.1) is 5.92 Å². The van der Waals surface area contributed by atoms with Crippen LogP contribution in [0.1, 0.15) is 75.7 Å². The molecule has 12 N–H and O–H groups in total. The van der Waals surface area contributed by atoms with Crippen LogP contribution in [-0.2, 0) is 39.8 Å². The van der Waals surface area contributed by atoms with E-state index in [0.29, 0.717) is 12.2 Å². The van der Waals surface area contributed by atoms with Gasteiger partial charge in [-0.3, -0.25) is 38.1 Å². The van der Waals surface area contributed by atoms with Crippen LogP contribution in [0.5, 0.6) is 5.75 Å². The number of fused-ring (bicyclic) bond motifs is 2. The van der Waals surface area contributed by atoms with Gasteiger partial charge in [0.2, 0.25) is 42.8 Å². The Hall–Kier alpha value is -7.08. The fourth-order valence-electron chi connectivity index (χ4n) is 10.4. The summed E-state index contributed by atoms with van der Waals surface area (Å²) in [4.78, 5) is 112. The van der Waals surface area contributed by atoms with E-state index in [1.807, 2.05) is 48.5 Å². The van der Waals surface area contributed by atoms with E-state index in [-0.39, 0.29) is 17.4 Å². The third kappa shape index (κ3) is 16.0. The second kappa shape index (κ2) is 28.0. The molecule has 0 aliphatic carbocycles. The van der Waals surface area contributed by atoms with Crippen molar-refractivity contribution in [2.75, 3.05) is 32.9 Å². The number of aliphatic hydroxyl groups is 6. The first kappa shape index (κ1) is 63.5. The topological polar surface area (TPSA) is 354 Å². The number of ether oxygens (including phenoxy) is 1. The molecule has 3 saturated heterocycles. The molecule has 23 nitrogen and oxygen atoms in total. The van der Waals surface area contributed by atoms with Crippen LogP contribution in [0.25, 0.3) is 22.3 Å². The molecule has 0 radical (unpaired) electrons. The highest BCUT2D eigenvalue weighted by atomic mass is 31.2. The van der Waals surface area contributed by atoms with Crippen molar-refractivity contribution in [3.8, 4) is 28.0 Å². The molecule has 7 rings (SSSR count). The van der Waals surface area contributed by atoms with Crippen molar-refractivity contribution >= 4 is 54.0 Å². The maximum atomic E-state index is 14.5. The lowest BCUT2D eigenvalue weighted by molar-refractivity contribution is -0.147. The zero-order valence-electron chi connectivity index (χ0n) is 47.0. The van der Waals surface area contributed by atoms with E-state index >= 15 is 0 Å². The van der Waals surface area contributed by atoms with Gasteiger partial charge in [0, 0.05) is 62.3 Å². The minimum absolute atomic E-state index is 0.0805. The van der Waals surface area contributed by atoms with Crippen LogP contribution in [0.4, 0.5) is 0 Å². The highest BCUT2D eigenvalue weighted by molar-refractivity contribution is 7.65. The van der Waals surface area contributed by atoms with Crippen LogP contribution >= 0.6 is 7.37 Å². The number of aliphatic hydroxyl groups excluding tert-OH is 6. The number of nitrogens with zero attached hydrogens (tertiary/aromatic N) is 2. The van der Waals surface area contributed by atoms with Crippen LogP contribution < -0.4 is 36.6 Å². The first-order chi connectivity index (χ1) is 39.3. The number of hydrogen-bond acceptors (Lipinski definition) is 15. The molecule has 3 fully saturated rings. The van der Waals surface area contributed by atoms with Crippen LogP contribution in [-0.4, -0.2) is 192 Å². The molecule has 3 heterocycles. The van der Waals surface area contributed by atoms with E-state index in [4.69, 9.17) is 4.74 Å². The lowest BCUT2D eigenvalue weighted by Crippen LogP contribution is -2.64. The fraction of sp³-hybridized carbons (Fsp3) is 0.475. The van der Waals surface area contributed by atoms with E-state index in [1.54, 1.807) is 19.1 Å². The van der Waals surface area contributed by atoms with Crippen molar-refractivity contribution < 1.29 is 78.4 Å². The molecular weight excluding hydrogens is 1090 g/mol. The molecule has 3 aliphatic heterocycles. The van der Waals surface area contributed by atoms with Gasteiger partial charge in [0.05, 0.1) is 43.2 Å². The molecular formula is C59H76N7O16P. The lowest BCUT2D eigenvalue weighted by atomic mass is 9.99. The van der Waals surface area contributed by atoms with Gasteiger partial charge in [-0.1, -0.05) is 87.4 Å². The number of hydrogen-bond donors (Lipinski definition) is 12. The third-order valence-electron chi connectivity index (χ3n) is 15.3. The molecule has 0 aromatic heterocycles. The summed E-state index contributed by atoms with van der Waals surface area (Å²) < 4.78 is 18.2. The molecule has 0 saturated carbocycles. The number of β-amino-alcohol motifs (C(OH)–C–C–N with tert-alkyl or cyclic N) is 1. The second-order valence-electron chi connectivity index (χ2n) is 22.0. The normalized spacial score (nSPS) is 26.8. The lowest BCUT2D eigenvalue weighted by Gasteiger charge is -2.33. The standard InChI is InChI=1S/C59H76N7O16P/c1-6-7-8-25-82-43-21-19-39(20-22-43)37-13-11-36(12-14-37)38-15-17-40(18-16-38)53(73)61-45-27-41(69)29-60-57(77)51-52(72)32(2)30-66(51)59(79)49(34(4)68)63-56(76)50(47(71)26-35-9-23-44(24-10-35)83(5,80)81)64-55(75)46-28-42(70)31-65(46)58(78)48(33(3)67)62-54(45)74/h9-24,32-34,41-42,45-52,67-72H,6-8,25-31H2,1-5H3,(H,60,77)(H,61,73)(H,62,74)(H,63,76)(H,64,75)(H,80,81)/t32-,33+,34+,41+,42+,45-,46-,47+,48-,49-,50-,51-,52-/m0/s1. The summed E-state index contributed by atoms with van der Waals surface area (Å²) in [6.07, 6.45) is -8.04. The molecule has 448 valence electrons. The predicted molar refractivity (Wildman–Crippen MR) is 305 cm³/mol. The third-order valence-corrected chi connectivity index (χ3v) is 16.5. The van der Waals surface area contributed by atoms with Gasteiger partial charge in [-0.25, -0.2) is 0 Å². The van der Waals surface area contributed by atoms with Crippen molar-refractivity contribution in [2.45, 2.75) is 139 Å². The zero-order chi connectivity index (χ0) is 60.4. The number of nitrogens with one attached hydrogen (secondary N) is 5. The Kier molecular flexibility index (Phi) is 21.4. The second-order valence-corrected chi connectivity index (χ2v) is 24.2. The van der Waals surface area contributed by atoms with Gasteiger partial charge in [0.1, 0.15) is 42.0 Å². The van der Waals surface area contributed by atoms with Crippen LogP contribution in [0.2, 0.25) is 0 Å². The van der Waals surface area contributed by atoms with Crippen molar-refractivity contribution in [1.82, 2.24) is 36.4 Å². The van der Waals surface area contributed by atoms with E-state index in [2.05, 4.69) is 33.5 Å². The summed E-state index contributed by atoms with van der Waals surface area (Å²) in [6.45, 7) is 6.36. The highest BCUT2D eigenvalue weighted by Gasteiger charge is 2.49. The summed E-state index contributed by atoms with van der Waals surface area (Å²) in [6, 6.07) is 16.8. The van der Waals surface area contributed by atoms with Gasteiger partial charge in [-0.05, 0) is 84.5 Å².